The Balaban J connectivity index is 1.78. The van der Waals surface area contributed by atoms with E-state index in [9.17, 15) is 36.2 Å². The van der Waals surface area contributed by atoms with Gasteiger partial charge in [-0.3, -0.25) is 0 Å². The van der Waals surface area contributed by atoms with Crippen LogP contribution in [-0.4, -0.2) is 37.1 Å². The maximum absolute atomic E-state index is 13.1. The number of hydrogen-bond donors (Lipinski definition) is 1. The van der Waals surface area contributed by atoms with Gasteiger partial charge in [0.2, 0.25) is 0 Å². The molecule has 0 amide bonds. The van der Waals surface area contributed by atoms with E-state index in [0.29, 0.717) is 29.0 Å². The zero-order valence-electron chi connectivity index (χ0n) is 18.6. The second-order valence-electron chi connectivity index (χ2n) is 7.57. The molecule has 3 aromatic rings. The highest BCUT2D eigenvalue weighted by atomic mass is 19.4. The summed E-state index contributed by atoms with van der Waals surface area (Å²) in [6.45, 7) is -0.162. The fourth-order valence-electron chi connectivity index (χ4n) is 3.27. The summed E-state index contributed by atoms with van der Waals surface area (Å²) in [6, 6.07) is 17.6. The average Bonchev–Trinajstić information content (AvgIpc) is 2.85. The minimum atomic E-state index is -5.98. The molecule has 0 aliphatic heterocycles. The highest BCUT2D eigenvalue weighted by Crippen LogP contribution is 2.50. The van der Waals surface area contributed by atoms with Crippen LogP contribution in [0.1, 0.15) is 27.6 Å². The predicted octanol–water partition coefficient (Wildman–Crippen LogP) is 5.98. The van der Waals surface area contributed by atoms with Crippen LogP contribution >= 0.6 is 0 Å². The molecular weight excluding hydrogens is 494 g/mol. The highest BCUT2D eigenvalue weighted by molar-refractivity contribution is 5.89. The Morgan fingerprint density at radius 2 is 1.33 bits per heavy atom. The van der Waals surface area contributed by atoms with Crippen molar-refractivity contribution in [2.75, 3.05) is 13.7 Å². The van der Waals surface area contributed by atoms with E-state index in [1.807, 2.05) is 0 Å². The normalized spacial score (nSPS) is 13.1. The van der Waals surface area contributed by atoms with Crippen molar-refractivity contribution in [2.24, 2.45) is 0 Å². The highest BCUT2D eigenvalue weighted by Gasteiger charge is 2.71. The standard InChI is InChI=1S/C25H20F6O5/c1-34-22(32)17-7-11-20(12-8-17)36-21(16-5-3-2-4-6-16)15-35-19-13-9-18(10-14-19)23(33,24(26,27)28)25(29,30)31/h2-14,21,33H,15H2,1H3. The van der Waals surface area contributed by atoms with Gasteiger partial charge in [-0.2, -0.15) is 26.3 Å². The first-order valence-corrected chi connectivity index (χ1v) is 10.4. The van der Waals surface area contributed by atoms with Gasteiger partial charge in [0.1, 0.15) is 18.1 Å². The van der Waals surface area contributed by atoms with Crippen LogP contribution in [0.2, 0.25) is 0 Å². The molecule has 0 spiro atoms. The summed E-state index contributed by atoms with van der Waals surface area (Å²) in [7, 11) is 1.24. The van der Waals surface area contributed by atoms with Gasteiger partial charge in [-0.1, -0.05) is 42.5 Å². The number of esters is 1. The minimum Gasteiger partial charge on any atom is -0.489 e. The number of halogens is 6. The quantitative estimate of drug-likeness (QED) is 0.296. The van der Waals surface area contributed by atoms with Crippen LogP contribution in [0.3, 0.4) is 0 Å². The largest absolute Gasteiger partial charge is 0.489 e. The van der Waals surface area contributed by atoms with Gasteiger partial charge < -0.3 is 19.3 Å². The summed E-state index contributed by atoms with van der Waals surface area (Å²) in [5, 5.41) is 9.51. The maximum Gasteiger partial charge on any atom is 0.430 e. The summed E-state index contributed by atoms with van der Waals surface area (Å²) in [5.74, 6) is -0.206. The molecule has 11 heteroatoms. The van der Waals surface area contributed by atoms with Gasteiger partial charge in [0.15, 0.2) is 6.10 Å². The molecule has 0 aliphatic rings. The van der Waals surface area contributed by atoms with Gasteiger partial charge in [0.25, 0.3) is 5.60 Å². The molecule has 0 saturated heterocycles. The molecule has 0 saturated carbocycles. The Bertz CT molecular complexity index is 1130. The second-order valence-corrected chi connectivity index (χ2v) is 7.57. The Hall–Kier alpha value is -3.73. The molecule has 36 heavy (non-hydrogen) atoms. The molecule has 1 N–H and O–H groups in total. The number of methoxy groups -OCH3 is 1. The monoisotopic (exact) mass is 514 g/mol. The summed E-state index contributed by atoms with van der Waals surface area (Å²) in [5.41, 5.74) is -5.44. The first kappa shape index (κ1) is 26.9. The Morgan fingerprint density at radius 3 is 1.83 bits per heavy atom. The van der Waals surface area contributed by atoms with Crippen LogP contribution in [0.25, 0.3) is 0 Å². The summed E-state index contributed by atoms with van der Waals surface area (Å²) in [4.78, 5) is 11.6. The Labute approximate surface area is 201 Å². The van der Waals surface area contributed by atoms with Crippen LogP contribution in [0.4, 0.5) is 26.3 Å². The zero-order valence-corrected chi connectivity index (χ0v) is 18.6. The third kappa shape index (κ3) is 5.73. The van der Waals surface area contributed by atoms with E-state index in [4.69, 9.17) is 9.47 Å². The molecule has 3 aromatic carbocycles. The van der Waals surface area contributed by atoms with Crippen LogP contribution in [-0.2, 0) is 10.3 Å². The topological polar surface area (TPSA) is 65.0 Å². The fourth-order valence-corrected chi connectivity index (χ4v) is 3.27. The van der Waals surface area contributed by atoms with Crippen molar-refractivity contribution in [3.05, 3.63) is 95.6 Å². The van der Waals surface area contributed by atoms with Gasteiger partial charge in [0, 0.05) is 5.56 Å². The van der Waals surface area contributed by atoms with E-state index >= 15 is 0 Å². The molecule has 1 unspecified atom stereocenters. The SMILES string of the molecule is COC(=O)c1ccc(OC(COc2ccc(C(O)(C(F)(F)F)C(F)(F)F)cc2)c2ccccc2)cc1. The fraction of sp³-hybridized carbons (Fsp3) is 0.240. The molecule has 192 valence electrons. The average molecular weight is 514 g/mol. The number of aliphatic hydroxyl groups is 1. The maximum atomic E-state index is 13.1. The molecule has 0 heterocycles. The zero-order chi connectivity index (χ0) is 26.6. The first-order chi connectivity index (χ1) is 16.9. The van der Waals surface area contributed by atoms with Crippen molar-refractivity contribution < 1.29 is 50.5 Å². The first-order valence-electron chi connectivity index (χ1n) is 10.4. The predicted molar refractivity (Wildman–Crippen MR) is 116 cm³/mol. The van der Waals surface area contributed by atoms with Crippen LogP contribution < -0.4 is 9.47 Å². The molecule has 1 atom stereocenters. The van der Waals surface area contributed by atoms with Crippen molar-refractivity contribution in [3.8, 4) is 11.5 Å². The van der Waals surface area contributed by atoms with E-state index in [0.717, 1.165) is 12.1 Å². The van der Waals surface area contributed by atoms with Gasteiger partial charge in [0.05, 0.1) is 12.7 Å². The Morgan fingerprint density at radius 1 is 0.806 bits per heavy atom. The lowest BCUT2D eigenvalue weighted by molar-refractivity contribution is -0.376. The second kappa shape index (κ2) is 10.5. The molecule has 0 radical (unpaired) electrons. The van der Waals surface area contributed by atoms with E-state index < -0.39 is 35.6 Å². The number of rotatable bonds is 8. The Kier molecular flexibility index (Phi) is 7.83. The molecule has 0 aliphatic carbocycles. The summed E-state index contributed by atoms with van der Waals surface area (Å²) >= 11 is 0. The van der Waals surface area contributed by atoms with E-state index in [-0.39, 0.29) is 12.4 Å². The van der Waals surface area contributed by atoms with Crippen molar-refractivity contribution >= 4 is 5.97 Å². The van der Waals surface area contributed by atoms with Crippen LogP contribution in [0.5, 0.6) is 11.5 Å². The summed E-state index contributed by atoms with van der Waals surface area (Å²) in [6.07, 6.45) is -12.7. The van der Waals surface area contributed by atoms with E-state index in [2.05, 4.69) is 4.74 Å². The number of ether oxygens (including phenoxy) is 3. The van der Waals surface area contributed by atoms with Gasteiger partial charge in [-0.05, 0) is 42.0 Å². The third-order valence-electron chi connectivity index (χ3n) is 5.22. The minimum absolute atomic E-state index is 0.0454. The molecule has 0 bridgehead atoms. The van der Waals surface area contributed by atoms with Crippen molar-refractivity contribution in [3.63, 3.8) is 0 Å². The van der Waals surface area contributed by atoms with Crippen LogP contribution in [0.15, 0.2) is 78.9 Å². The molecule has 0 fully saturated rings. The lowest BCUT2D eigenvalue weighted by Crippen LogP contribution is -2.53. The number of carbonyl (C=O) groups is 1. The van der Waals surface area contributed by atoms with E-state index in [1.165, 1.54) is 31.4 Å². The van der Waals surface area contributed by atoms with Gasteiger partial charge in [-0.15, -0.1) is 0 Å². The van der Waals surface area contributed by atoms with Crippen molar-refractivity contribution in [2.45, 2.75) is 24.1 Å². The number of carbonyl (C=O) groups excluding carboxylic acids is 1. The lowest BCUT2D eigenvalue weighted by Gasteiger charge is -2.32. The summed E-state index contributed by atoms with van der Waals surface area (Å²) < 4.78 is 94.6. The molecule has 5 nitrogen and oxygen atoms in total. The van der Waals surface area contributed by atoms with Crippen molar-refractivity contribution in [1.29, 1.82) is 0 Å². The smallest absolute Gasteiger partial charge is 0.430 e. The number of hydrogen-bond acceptors (Lipinski definition) is 5. The third-order valence-corrected chi connectivity index (χ3v) is 5.22. The van der Waals surface area contributed by atoms with E-state index in [1.54, 1.807) is 30.3 Å². The van der Waals surface area contributed by atoms with Crippen molar-refractivity contribution in [1.82, 2.24) is 0 Å². The molecule has 3 rings (SSSR count). The number of benzene rings is 3. The lowest BCUT2D eigenvalue weighted by atomic mass is 9.92. The van der Waals surface area contributed by atoms with Gasteiger partial charge >= 0.3 is 18.3 Å². The molecular formula is C25H20F6O5. The van der Waals surface area contributed by atoms with Gasteiger partial charge in [-0.25, -0.2) is 4.79 Å². The van der Waals surface area contributed by atoms with Crippen LogP contribution in [0, 0.1) is 0 Å². The number of alkyl halides is 6. The molecule has 0 aromatic heterocycles.